The maximum atomic E-state index is 14.0. The number of nitrogens with one attached hydrogen (secondary N) is 1. The van der Waals surface area contributed by atoms with Crippen LogP contribution in [0, 0.1) is 5.82 Å². The van der Waals surface area contributed by atoms with Gasteiger partial charge in [-0.1, -0.05) is 41.9 Å². The Kier molecular flexibility index (Phi) is 6.34. The fraction of sp³-hybridized carbons (Fsp3) is 0.174. The summed E-state index contributed by atoms with van der Waals surface area (Å²) in [7, 11) is -3.93. The average molecular weight is 474 g/mol. The number of carbonyl (C=O) groups is 1. The maximum absolute atomic E-state index is 14.0. The molecular formula is C23H21ClFN3O3S. The summed E-state index contributed by atoms with van der Waals surface area (Å²) in [6.45, 7) is 1.78. The molecule has 1 N–H and O–H groups in total. The van der Waals surface area contributed by atoms with Crippen molar-refractivity contribution in [2.75, 3.05) is 35.8 Å². The lowest BCUT2D eigenvalue weighted by molar-refractivity contribution is 0.0746. The molecule has 0 spiro atoms. The summed E-state index contributed by atoms with van der Waals surface area (Å²) in [6.07, 6.45) is 0. The number of amides is 1. The van der Waals surface area contributed by atoms with Gasteiger partial charge in [0.05, 0.1) is 21.3 Å². The van der Waals surface area contributed by atoms with E-state index in [2.05, 4.69) is 4.72 Å². The van der Waals surface area contributed by atoms with Crippen LogP contribution in [0.3, 0.4) is 0 Å². The second kappa shape index (κ2) is 9.18. The highest BCUT2D eigenvalue weighted by molar-refractivity contribution is 7.92. The molecule has 0 atom stereocenters. The maximum Gasteiger partial charge on any atom is 0.261 e. The highest BCUT2D eigenvalue weighted by Gasteiger charge is 2.25. The second-order valence-corrected chi connectivity index (χ2v) is 9.43. The average Bonchev–Trinajstić information content (AvgIpc) is 2.81. The van der Waals surface area contributed by atoms with E-state index >= 15 is 0 Å². The third kappa shape index (κ3) is 4.71. The molecule has 0 saturated carbocycles. The summed E-state index contributed by atoms with van der Waals surface area (Å²) < 4.78 is 42.1. The second-order valence-electron chi connectivity index (χ2n) is 7.34. The van der Waals surface area contributed by atoms with Gasteiger partial charge in [-0.05, 0) is 42.5 Å². The summed E-state index contributed by atoms with van der Waals surface area (Å²) >= 11 is 6.05. The molecule has 166 valence electrons. The van der Waals surface area contributed by atoms with Gasteiger partial charge in [0, 0.05) is 31.7 Å². The Morgan fingerprint density at radius 2 is 1.59 bits per heavy atom. The number of anilines is 2. The van der Waals surface area contributed by atoms with E-state index in [1.54, 1.807) is 53.4 Å². The summed E-state index contributed by atoms with van der Waals surface area (Å²) in [5.74, 6) is -0.566. The van der Waals surface area contributed by atoms with Crippen molar-refractivity contribution < 1.29 is 17.6 Å². The molecule has 1 saturated heterocycles. The van der Waals surface area contributed by atoms with E-state index in [0.29, 0.717) is 31.9 Å². The van der Waals surface area contributed by atoms with Crippen LogP contribution in [0.15, 0.2) is 77.7 Å². The van der Waals surface area contributed by atoms with Crippen molar-refractivity contribution in [3.8, 4) is 0 Å². The van der Waals surface area contributed by atoms with Gasteiger partial charge in [-0.2, -0.15) is 0 Å². The normalized spacial score (nSPS) is 14.3. The predicted molar refractivity (Wildman–Crippen MR) is 123 cm³/mol. The van der Waals surface area contributed by atoms with Crippen LogP contribution in [0.2, 0.25) is 5.02 Å². The van der Waals surface area contributed by atoms with Crippen LogP contribution >= 0.6 is 11.6 Å². The van der Waals surface area contributed by atoms with E-state index in [1.807, 2.05) is 4.90 Å². The van der Waals surface area contributed by atoms with Crippen molar-refractivity contribution in [3.63, 3.8) is 0 Å². The fourth-order valence-corrected chi connectivity index (χ4v) is 4.95. The Morgan fingerprint density at radius 1 is 0.906 bits per heavy atom. The molecule has 6 nitrogen and oxygen atoms in total. The van der Waals surface area contributed by atoms with Crippen LogP contribution in [0.5, 0.6) is 0 Å². The summed E-state index contributed by atoms with van der Waals surface area (Å²) in [5.41, 5.74) is 1.04. The van der Waals surface area contributed by atoms with E-state index in [-0.39, 0.29) is 32.9 Å². The van der Waals surface area contributed by atoms with Crippen molar-refractivity contribution in [3.05, 3.63) is 89.2 Å². The molecule has 0 aromatic heterocycles. The number of piperazine rings is 1. The Balaban J connectivity index is 1.47. The molecule has 0 unspecified atom stereocenters. The summed E-state index contributed by atoms with van der Waals surface area (Å²) in [4.78, 5) is 16.5. The zero-order valence-electron chi connectivity index (χ0n) is 17.0. The van der Waals surface area contributed by atoms with Gasteiger partial charge in [0.25, 0.3) is 15.9 Å². The van der Waals surface area contributed by atoms with Crippen LogP contribution in [0.1, 0.15) is 10.4 Å². The minimum atomic E-state index is -3.93. The van der Waals surface area contributed by atoms with Crippen molar-refractivity contribution in [2.45, 2.75) is 4.90 Å². The number of hydrogen-bond acceptors (Lipinski definition) is 4. The smallest absolute Gasteiger partial charge is 0.261 e. The number of sulfonamides is 1. The van der Waals surface area contributed by atoms with Crippen molar-refractivity contribution in [2.24, 2.45) is 0 Å². The first-order chi connectivity index (χ1) is 15.3. The van der Waals surface area contributed by atoms with Gasteiger partial charge in [0.15, 0.2) is 0 Å². The molecule has 9 heteroatoms. The predicted octanol–water partition coefficient (Wildman–Crippen LogP) is 4.24. The van der Waals surface area contributed by atoms with E-state index < -0.39 is 10.0 Å². The highest BCUT2D eigenvalue weighted by atomic mass is 35.5. The Hall–Kier alpha value is -3.10. The number of benzene rings is 3. The Morgan fingerprint density at radius 3 is 2.31 bits per heavy atom. The first kappa shape index (κ1) is 22.1. The topological polar surface area (TPSA) is 69.7 Å². The SMILES string of the molecule is O=C(c1cccc(S(=O)(=O)Nc2ccccc2Cl)c1)N1CCN(c2ccccc2F)CC1. The van der Waals surface area contributed by atoms with E-state index in [4.69, 9.17) is 11.6 Å². The highest BCUT2D eigenvalue weighted by Crippen LogP contribution is 2.25. The van der Waals surface area contributed by atoms with Gasteiger partial charge in [0.2, 0.25) is 0 Å². The number of rotatable bonds is 5. The minimum absolute atomic E-state index is 0.0340. The number of para-hydroxylation sites is 2. The number of halogens is 2. The van der Waals surface area contributed by atoms with Crippen molar-refractivity contribution in [1.29, 1.82) is 0 Å². The van der Waals surface area contributed by atoms with Gasteiger partial charge in [0.1, 0.15) is 5.82 Å². The first-order valence-corrected chi connectivity index (χ1v) is 11.9. The lowest BCUT2D eigenvalue weighted by atomic mass is 10.1. The van der Waals surface area contributed by atoms with Crippen LogP contribution in [-0.2, 0) is 10.0 Å². The number of carbonyl (C=O) groups excluding carboxylic acids is 1. The third-order valence-electron chi connectivity index (χ3n) is 5.27. The third-order valence-corrected chi connectivity index (χ3v) is 6.96. The van der Waals surface area contributed by atoms with Crippen LogP contribution in [0.4, 0.5) is 15.8 Å². The molecule has 1 amide bonds. The van der Waals surface area contributed by atoms with E-state index in [1.165, 1.54) is 24.3 Å². The van der Waals surface area contributed by atoms with Crippen LogP contribution in [-0.4, -0.2) is 45.4 Å². The first-order valence-electron chi connectivity index (χ1n) is 10.0. The molecular weight excluding hydrogens is 453 g/mol. The van der Waals surface area contributed by atoms with Crippen LogP contribution < -0.4 is 9.62 Å². The molecule has 3 aromatic rings. The molecule has 1 fully saturated rings. The molecule has 32 heavy (non-hydrogen) atoms. The largest absolute Gasteiger partial charge is 0.366 e. The number of nitrogens with zero attached hydrogens (tertiary/aromatic N) is 2. The van der Waals surface area contributed by atoms with E-state index in [0.717, 1.165) is 0 Å². The van der Waals surface area contributed by atoms with Gasteiger partial charge in [-0.3, -0.25) is 9.52 Å². The van der Waals surface area contributed by atoms with Gasteiger partial charge >= 0.3 is 0 Å². The fourth-order valence-electron chi connectivity index (χ4n) is 3.59. The zero-order valence-corrected chi connectivity index (χ0v) is 18.6. The molecule has 1 aliphatic rings. The molecule has 1 heterocycles. The summed E-state index contributed by atoms with van der Waals surface area (Å²) in [6, 6.07) is 18.9. The number of hydrogen-bond donors (Lipinski definition) is 1. The lowest BCUT2D eigenvalue weighted by Gasteiger charge is -2.36. The lowest BCUT2D eigenvalue weighted by Crippen LogP contribution is -2.49. The summed E-state index contributed by atoms with van der Waals surface area (Å²) in [5, 5.41) is 0.274. The molecule has 4 rings (SSSR count). The Bertz CT molecular complexity index is 1240. The zero-order chi connectivity index (χ0) is 22.7. The minimum Gasteiger partial charge on any atom is -0.366 e. The van der Waals surface area contributed by atoms with Gasteiger partial charge in [-0.25, -0.2) is 12.8 Å². The van der Waals surface area contributed by atoms with Crippen molar-refractivity contribution >= 4 is 38.9 Å². The molecule has 0 radical (unpaired) electrons. The molecule has 0 aliphatic carbocycles. The van der Waals surface area contributed by atoms with Gasteiger partial charge < -0.3 is 9.80 Å². The quantitative estimate of drug-likeness (QED) is 0.601. The molecule has 3 aromatic carbocycles. The van der Waals surface area contributed by atoms with Gasteiger partial charge in [-0.15, -0.1) is 0 Å². The molecule has 0 bridgehead atoms. The Labute approximate surface area is 191 Å². The monoisotopic (exact) mass is 473 g/mol. The van der Waals surface area contributed by atoms with E-state index in [9.17, 15) is 17.6 Å². The van der Waals surface area contributed by atoms with Crippen LogP contribution in [0.25, 0.3) is 0 Å². The standard InChI is InChI=1S/C23H21ClFN3O3S/c24-19-8-1-3-10-21(19)26-32(30,31)18-7-5-6-17(16-18)23(29)28-14-12-27(13-15-28)22-11-4-2-9-20(22)25/h1-11,16,26H,12-15H2. The van der Waals surface area contributed by atoms with Crippen molar-refractivity contribution in [1.82, 2.24) is 4.90 Å². The molecule has 1 aliphatic heterocycles.